The van der Waals surface area contributed by atoms with Crippen LogP contribution in [0.2, 0.25) is 10.0 Å². The van der Waals surface area contributed by atoms with Crippen molar-refractivity contribution < 1.29 is 41.7 Å². The highest BCUT2D eigenvalue weighted by Crippen LogP contribution is 2.37. The Balaban J connectivity index is 0.000000237. The molecule has 0 fully saturated rings. The van der Waals surface area contributed by atoms with Gasteiger partial charge in [0, 0.05) is 68.1 Å². The quantitative estimate of drug-likeness (QED) is 0.0662. The predicted molar refractivity (Wildman–Crippen MR) is 289 cm³/mol. The summed E-state index contributed by atoms with van der Waals surface area (Å²) in [4.78, 5) is 41.0. The molecule has 2 atom stereocenters. The summed E-state index contributed by atoms with van der Waals surface area (Å²) < 4.78 is 49.5. The van der Waals surface area contributed by atoms with Gasteiger partial charge in [0.25, 0.3) is 10.0 Å². The van der Waals surface area contributed by atoms with Crippen LogP contribution in [-0.2, 0) is 46.9 Å². The van der Waals surface area contributed by atoms with Crippen LogP contribution >= 0.6 is 23.2 Å². The number of halogens is 2. The third kappa shape index (κ3) is 14.6. The Labute approximate surface area is 432 Å². The van der Waals surface area contributed by atoms with Gasteiger partial charge in [-0.15, -0.1) is 0 Å². The normalized spacial score (nSPS) is 12.1. The Morgan fingerprint density at radius 3 is 1.46 bits per heavy atom. The van der Waals surface area contributed by atoms with Crippen molar-refractivity contribution in [2.75, 3.05) is 41.2 Å². The van der Waals surface area contributed by atoms with Gasteiger partial charge in [0.05, 0.1) is 50.4 Å². The van der Waals surface area contributed by atoms with Crippen molar-refractivity contribution in [2.45, 2.75) is 83.1 Å². The van der Waals surface area contributed by atoms with Crippen LogP contribution in [0.3, 0.4) is 0 Å². The molecule has 0 radical (unpaired) electrons. The first-order valence-electron chi connectivity index (χ1n) is 23.1. The summed E-state index contributed by atoms with van der Waals surface area (Å²) in [5.41, 5.74) is 4.27. The Hall–Kier alpha value is -7.00. The summed E-state index contributed by atoms with van der Waals surface area (Å²) in [6.45, 7) is 10.4. The third-order valence-corrected chi connectivity index (χ3v) is 13.4. The maximum Gasteiger partial charge on any atom is 0.412 e. The van der Waals surface area contributed by atoms with Crippen LogP contribution in [0.15, 0.2) is 150 Å². The zero-order valence-corrected chi connectivity index (χ0v) is 43.9. The molecule has 0 aliphatic heterocycles. The number of esters is 2. The number of hydrogen-bond acceptors (Lipinski definition) is 11. The minimum atomic E-state index is -3.85. The molecular weight excluding hydrogens is 976 g/mol. The highest BCUT2D eigenvalue weighted by molar-refractivity contribution is 7.92. The standard InChI is InChI=1S/C29H29ClN2O5S.C27H31ClN2O4/c1-20(17-29(33)37-3)32(19-21-7-6-8-22(30)18-21)28-16-15-27(25-9-4-5-10-26(25)28)31-38(34,35)24-13-11-23(36-2)12-14-24;1-18(15-25(31)33-5)30(17-19-9-8-10-20(28)16-19)24-14-13-23(21-11-6-7-12-22(21)24)29-26(32)34-27(2,3)4/h4-16,18,20,31H,17,19H2,1-3H3;6-14,16,18H,15,17H2,1-5H3,(H,29,32)/t20-;18-/m00/s1. The van der Waals surface area contributed by atoms with Gasteiger partial charge in [-0.2, -0.15) is 0 Å². The van der Waals surface area contributed by atoms with Crippen molar-refractivity contribution in [3.63, 3.8) is 0 Å². The molecule has 0 bridgehead atoms. The lowest BCUT2D eigenvalue weighted by molar-refractivity contribution is -0.141. The lowest BCUT2D eigenvalue weighted by Crippen LogP contribution is -2.35. The summed E-state index contributed by atoms with van der Waals surface area (Å²) in [5, 5.41) is 7.51. The molecule has 0 unspecified atom stereocenters. The van der Waals surface area contributed by atoms with E-state index in [9.17, 15) is 22.8 Å². The number of benzene rings is 7. The van der Waals surface area contributed by atoms with E-state index < -0.39 is 21.7 Å². The molecule has 0 aliphatic carbocycles. The van der Waals surface area contributed by atoms with Gasteiger partial charge in [-0.05, 0) is 119 Å². The van der Waals surface area contributed by atoms with E-state index in [-0.39, 0.29) is 41.8 Å². The van der Waals surface area contributed by atoms with Crippen molar-refractivity contribution >= 4 is 95.6 Å². The number of fused-ring (bicyclic) bond motifs is 2. The number of ether oxygens (including phenoxy) is 4. The first kappa shape index (κ1) is 54.3. The zero-order chi connectivity index (χ0) is 52.2. The highest BCUT2D eigenvalue weighted by atomic mass is 35.5. The van der Waals surface area contributed by atoms with E-state index in [1.54, 1.807) is 18.2 Å². The van der Waals surface area contributed by atoms with Gasteiger partial charge in [0.2, 0.25) is 0 Å². The molecule has 2 N–H and O–H groups in total. The molecule has 72 heavy (non-hydrogen) atoms. The monoisotopic (exact) mass is 1030 g/mol. The van der Waals surface area contributed by atoms with E-state index in [2.05, 4.69) is 19.8 Å². The van der Waals surface area contributed by atoms with Gasteiger partial charge in [-0.1, -0.05) is 96.0 Å². The summed E-state index contributed by atoms with van der Waals surface area (Å²) >= 11 is 12.5. The van der Waals surface area contributed by atoms with Crippen LogP contribution in [-0.4, -0.2) is 65.5 Å². The number of anilines is 4. The van der Waals surface area contributed by atoms with Crippen LogP contribution in [0.4, 0.5) is 27.5 Å². The van der Waals surface area contributed by atoms with Crippen molar-refractivity contribution in [3.05, 3.63) is 167 Å². The SMILES string of the molecule is COC(=O)C[C@H](C)N(Cc1cccc(Cl)c1)c1ccc(NC(=O)OC(C)(C)C)c2ccccc12.COC(=O)C[C@H](C)N(Cc1cccc(Cl)c1)c1ccc(NS(=O)(=O)c2ccc(OC)cc2)c2ccccc12. The second kappa shape index (κ2) is 24.4. The molecule has 16 heteroatoms. The zero-order valence-electron chi connectivity index (χ0n) is 41.6. The number of hydrogen-bond donors (Lipinski definition) is 2. The van der Waals surface area contributed by atoms with Crippen LogP contribution in [0.5, 0.6) is 5.75 Å². The minimum Gasteiger partial charge on any atom is -0.497 e. The molecule has 0 saturated heterocycles. The van der Waals surface area contributed by atoms with Crippen molar-refractivity contribution in [3.8, 4) is 5.75 Å². The average molecular weight is 1040 g/mol. The van der Waals surface area contributed by atoms with E-state index in [1.165, 1.54) is 33.5 Å². The predicted octanol–water partition coefficient (Wildman–Crippen LogP) is 13.1. The van der Waals surface area contributed by atoms with E-state index in [0.29, 0.717) is 40.3 Å². The van der Waals surface area contributed by atoms with E-state index >= 15 is 0 Å². The number of sulfonamides is 1. The molecule has 0 aliphatic rings. The van der Waals surface area contributed by atoms with Crippen LogP contribution in [0, 0.1) is 0 Å². The molecule has 0 aromatic heterocycles. The topological polar surface area (TPSA) is 153 Å². The Morgan fingerprint density at radius 1 is 0.583 bits per heavy atom. The van der Waals surface area contributed by atoms with Crippen molar-refractivity contribution in [1.29, 1.82) is 0 Å². The third-order valence-electron chi connectivity index (χ3n) is 11.6. The second-order valence-electron chi connectivity index (χ2n) is 18.0. The maximum atomic E-state index is 13.2. The molecule has 1 amide bonds. The Bertz CT molecular complexity index is 3130. The molecule has 378 valence electrons. The first-order chi connectivity index (χ1) is 34.3. The molecule has 7 rings (SSSR count). The summed E-state index contributed by atoms with van der Waals surface area (Å²) in [5.74, 6) is -0.0301. The van der Waals surface area contributed by atoms with E-state index in [4.69, 9.17) is 42.1 Å². The van der Waals surface area contributed by atoms with E-state index in [0.717, 1.165) is 44.0 Å². The van der Waals surface area contributed by atoms with Gasteiger partial charge in [0.1, 0.15) is 11.4 Å². The van der Waals surface area contributed by atoms with Gasteiger partial charge in [-0.25, -0.2) is 13.2 Å². The maximum absolute atomic E-state index is 13.2. The number of methoxy groups -OCH3 is 3. The van der Waals surface area contributed by atoms with Gasteiger partial charge in [0.15, 0.2) is 0 Å². The number of rotatable bonds is 17. The first-order valence-corrected chi connectivity index (χ1v) is 25.4. The molecular formula is C56H60Cl2N4O9S. The molecule has 0 spiro atoms. The average Bonchev–Trinajstić information content (AvgIpc) is 3.35. The number of carbonyl (C=O) groups is 3. The van der Waals surface area contributed by atoms with E-state index in [1.807, 2.05) is 150 Å². The fourth-order valence-electron chi connectivity index (χ4n) is 8.13. The molecule has 0 saturated carbocycles. The smallest absolute Gasteiger partial charge is 0.412 e. The molecule has 7 aromatic rings. The van der Waals surface area contributed by atoms with Crippen molar-refractivity contribution in [1.82, 2.24) is 0 Å². The highest BCUT2D eigenvalue weighted by Gasteiger charge is 2.25. The number of nitrogens with zero attached hydrogens (tertiary/aromatic N) is 2. The van der Waals surface area contributed by atoms with Gasteiger partial charge in [-0.3, -0.25) is 19.6 Å². The molecule has 0 heterocycles. The Kier molecular flexibility index (Phi) is 18.4. The summed E-state index contributed by atoms with van der Waals surface area (Å²) in [6, 6.07) is 43.9. The van der Waals surface area contributed by atoms with Gasteiger partial charge >= 0.3 is 18.0 Å². The molecule has 13 nitrogen and oxygen atoms in total. The Morgan fingerprint density at radius 2 is 1.03 bits per heavy atom. The van der Waals surface area contributed by atoms with Crippen molar-refractivity contribution in [2.24, 2.45) is 0 Å². The minimum absolute atomic E-state index is 0.126. The van der Waals surface area contributed by atoms with Crippen LogP contribution in [0.1, 0.15) is 58.6 Å². The lowest BCUT2D eigenvalue weighted by Gasteiger charge is -2.32. The number of amides is 1. The fourth-order valence-corrected chi connectivity index (χ4v) is 9.63. The number of carbonyl (C=O) groups excluding carboxylic acids is 3. The van der Waals surface area contributed by atoms with Crippen LogP contribution in [0.25, 0.3) is 21.5 Å². The largest absolute Gasteiger partial charge is 0.497 e. The summed E-state index contributed by atoms with van der Waals surface area (Å²) in [6.07, 6.45) is -0.110. The lowest BCUT2D eigenvalue weighted by atomic mass is 10.0. The van der Waals surface area contributed by atoms with Crippen LogP contribution < -0.4 is 24.6 Å². The molecule has 7 aromatic carbocycles. The fraction of sp³-hybridized carbons (Fsp3) is 0.268. The second-order valence-corrected chi connectivity index (χ2v) is 20.6. The number of nitrogens with one attached hydrogen (secondary N) is 2. The van der Waals surface area contributed by atoms with Gasteiger partial charge < -0.3 is 28.7 Å². The summed E-state index contributed by atoms with van der Waals surface area (Å²) in [7, 11) is 0.440.